The fraction of sp³-hybridized carbons (Fsp3) is 0.125. The molecular weight excluding hydrogens is 298 g/mol. The van der Waals surface area contributed by atoms with Crippen LogP contribution in [0.25, 0.3) is 10.9 Å². The Labute approximate surface area is 129 Å². The second-order valence-corrected chi connectivity index (χ2v) is 7.01. The highest BCUT2D eigenvalue weighted by atomic mass is 32.2. The van der Waals surface area contributed by atoms with E-state index in [0.29, 0.717) is 11.4 Å². The predicted molar refractivity (Wildman–Crippen MR) is 89.4 cm³/mol. The number of sulfonamides is 1. The first kappa shape index (κ1) is 14.5. The van der Waals surface area contributed by atoms with Gasteiger partial charge in [0.15, 0.2) is 0 Å². The van der Waals surface area contributed by atoms with E-state index in [2.05, 4.69) is 9.71 Å². The zero-order valence-corrected chi connectivity index (χ0v) is 13.2. The van der Waals surface area contributed by atoms with Crippen LogP contribution in [0.3, 0.4) is 0 Å². The first-order valence-electron chi connectivity index (χ1n) is 6.84. The summed E-state index contributed by atoms with van der Waals surface area (Å²) in [6, 6.07) is 9.79. The lowest BCUT2D eigenvalue weighted by atomic mass is 10.1. The van der Waals surface area contributed by atoms with Crippen molar-refractivity contribution in [2.75, 3.05) is 10.5 Å². The molecule has 0 aliphatic carbocycles. The SMILES string of the molecule is Cc1ccc(NS(=O)(=O)c2ccc(N)cc2)c2[nH]cc(C)c12. The summed E-state index contributed by atoms with van der Waals surface area (Å²) in [6.07, 6.45) is 1.87. The van der Waals surface area contributed by atoms with Crippen LogP contribution < -0.4 is 10.5 Å². The molecule has 0 aliphatic rings. The van der Waals surface area contributed by atoms with Gasteiger partial charge in [-0.25, -0.2) is 8.42 Å². The van der Waals surface area contributed by atoms with Crippen LogP contribution in [-0.2, 0) is 10.0 Å². The third-order valence-corrected chi connectivity index (χ3v) is 5.06. The number of H-pyrrole nitrogens is 1. The Hall–Kier alpha value is -2.47. The maximum absolute atomic E-state index is 12.5. The Bertz CT molecular complexity index is 941. The highest BCUT2D eigenvalue weighted by molar-refractivity contribution is 7.92. The smallest absolute Gasteiger partial charge is 0.261 e. The molecule has 2 aromatic carbocycles. The molecular formula is C16H17N3O2S. The zero-order chi connectivity index (χ0) is 15.9. The third kappa shape index (κ3) is 2.42. The summed E-state index contributed by atoms with van der Waals surface area (Å²) in [4.78, 5) is 3.31. The first-order valence-corrected chi connectivity index (χ1v) is 8.32. The minimum atomic E-state index is -3.65. The number of nitrogens with two attached hydrogens (primary N) is 1. The number of anilines is 2. The van der Waals surface area contributed by atoms with Crippen molar-refractivity contribution in [1.29, 1.82) is 0 Å². The van der Waals surface area contributed by atoms with Crippen molar-refractivity contribution in [3.8, 4) is 0 Å². The Kier molecular flexibility index (Phi) is 3.33. The number of hydrogen-bond donors (Lipinski definition) is 3. The molecule has 0 unspecified atom stereocenters. The summed E-state index contributed by atoms with van der Waals surface area (Å²) in [6.45, 7) is 3.99. The highest BCUT2D eigenvalue weighted by Crippen LogP contribution is 2.29. The van der Waals surface area contributed by atoms with E-state index < -0.39 is 10.0 Å². The van der Waals surface area contributed by atoms with E-state index in [9.17, 15) is 8.42 Å². The van der Waals surface area contributed by atoms with E-state index in [1.54, 1.807) is 18.2 Å². The fourth-order valence-electron chi connectivity index (χ4n) is 2.55. The number of nitrogens with one attached hydrogen (secondary N) is 2. The van der Waals surface area contributed by atoms with Crippen molar-refractivity contribution < 1.29 is 8.42 Å². The van der Waals surface area contributed by atoms with Crippen LogP contribution in [0.2, 0.25) is 0 Å². The molecule has 3 rings (SSSR count). The standard InChI is InChI=1S/C16H17N3O2S/c1-10-3-8-14(16-15(10)11(2)9-18-16)19-22(20,21)13-6-4-12(17)5-7-13/h3-9,18-19H,17H2,1-2H3. The first-order chi connectivity index (χ1) is 10.4. The van der Waals surface area contributed by atoms with Crippen LogP contribution >= 0.6 is 0 Å². The van der Waals surface area contributed by atoms with Crippen LogP contribution in [0.1, 0.15) is 11.1 Å². The van der Waals surface area contributed by atoms with E-state index in [0.717, 1.165) is 22.0 Å². The molecule has 0 radical (unpaired) electrons. The van der Waals surface area contributed by atoms with Gasteiger partial charge >= 0.3 is 0 Å². The Morgan fingerprint density at radius 3 is 2.36 bits per heavy atom. The molecule has 22 heavy (non-hydrogen) atoms. The molecule has 4 N–H and O–H groups in total. The Morgan fingerprint density at radius 2 is 1.68 bits per heavy atom. The molecule has 0 aliphatic heterocycles. The van der Waals surface area contributed by atoms with Gasteiger partial charge in [0.2, 0.25) is 0 Å². The van der Waals surface area contributed by atoms with Gasteiger partial charge in [0, 0.05) is 17.3 Å². The average molecular weight is 315 g/mol. The number of hydrogen-bond acceptors (Lipinski definition) is 3. The summed E-state index contributed by atoms with van der Waals surface area (Å²) in [5, 5.41) is 1.04. The van der Waals surface area contributed by atoms with Gasteiger partial charge in [0.1, 0.15) is 0 Å². The monoisotopic (exact) mass is 315 g/mol. The van der Waals surface area contributed by atoms with Crippen LogP contribution in [0, 0.1) is 13.8 Å². The summed E-state index contributed by atoms with van der Waals surface area (Å²) in [5.74, 6) is 0. The molecule has 5 nitrogen and oxygen atoms in total. The molecule has 0 fully saturated rings. The van der Waals surface area contributed by atoms with Crippen LogP contribution in [0.5, 0.6) is 0 Å². The molecule has 0 spiro atoms. The van der Waals surface area contributed by atoms with E-state index in [1.165, 1.54) is 12.1 Å². The summed E-state index contributed by atoms with van der Waals surface area (Å²) >= 11 is 0. The predicted octanol–water partition coefficient (Wildman–Crippen LogP) is 3.17. The molecule has 0 saturated heterocycles. The van der Waals surface area contributed by atoms with E-state index in [1.807, 2.05) is 26.1 Å². The van der Waals surface area contributed by atoms with Crippen molar-refractivity contribution in [2.45, 2.75) is 18.7 Å². The van der Waals surface area contributed by atoms with Gasteiger partial charge < -0.3 is 10.7 Å². The van der Waals surface area contributed by atoms with Gasteiger partial charge in [0.05, 0.1) is 16.1 Å². The zero-order valence-electron chi connectivity index (χ0n) is 12.3. The lowest BCUT2D eigenvalue weighted by molar-refractivity contribution is 0.601. The molecule has 1 heterocycles. The van der Waals surface area contributed by atoms with E-state index in [4.69, 9.17) is 5.73 Å². The fourth-order valence-corrected chi connectivity index (χ4v) is 3.63. The number of aromatic amines is 1. The lowest BCUT2D eigenvalue weighted by Crippen LogP contribution is -2.13. The molecule has 0 bridgehead atoms. The van der Waals surface area contributed by atoms with Crippen molar-refractivity contribution >= 4 is 32.3 Å². The number of nitrogen functional groups attached to an aromatic ring is 1. The van der Waals surface area contributed by atoms with Gasteiger partial charge in [-0.05, 0) is 55.3 Å². The van der Waals surface area contributed by atoms with Gasteiger partial charge in [-0.3, -0.25) is 4.72 Å². The van der Waals surface area contributed by atoms with Crippen LogP contribution in [0.15, 0.2) is 47.5 Å². The minimum Gasteiger partial charge on any atom is -0.399 e. The second-order valence-electron chi connectivity index (χ2n) is 5.33. The number of benzene rings is 2. The normalized spacial score (nSPS) is 11.7. The Balaban J connectivity index is 2.06. The highest BCUT2D eigenvalue weighted by Gasteiger charge is 2.17. The quantitative estimate of drug-likeness (QED) is 0.649. The van der Waals surface area contributed by atoms with Crippen molar-refractivity contribution in [3.05, 3.63) is 53.7 Å². The second kappa shape index (κ2) is 5.06. The number of aromatic nitrogens is 1. The molecule has 0 amide bonds. The molecule has 3 aromatic rings. The maximum Gasteiger partial charge on any atom is 0.261 e. The van der Waals surface area contributed by atoms with Gasteiger partial charge in [0.25, 0.3) is 10.0 Å². The lowest BCUT2D eigenvalue weighted by Gasteiger charge is -2.10. The van der Waals surface area contributed by atoms with Gasteiger partial charge in [-0.2, -0.15) is 0 Å². The molecule has 6 heteroatoms. The average Bonchev–Trinajstić information content (AvgIpc) is 2.86. The third-order valence-electron chi connectivity index (χ3n) is 3.68. The molecule has 0 saturated carbocycles. The minimum absolute atomic E-state index is 0.179. The number of rotatable bonds is 3. The number of fused-ring (bicyclic) bond motifs is 1. The number of aryl methyl sites for hydroxylation is 2. The topological polar surface area (TPSA) is 88.0 Å². The summed E-state index contributed by atoms with van der Waals surface area (Å²) < 4.78 is 27.6. The van der Waals surface area contributed by atoms with Crippen molar-refractivity contribution in [1.82, 2.24) is 4.98 Å². The van der Waals surface area contributed by atoms with E-state index >= 15 is 0 Å². The van der Waals surface area contributed by atoms with Crippen LogP contribution in [0.4, 0.5) is 11.4 Å². The summed E-state index contributed by atoms with van der Waals surface area (Å²) in [7, 11) is -3.65. The molecule has 0 atom stereocenters. The molecule has 114 valence electrons. The summed E-state index contributed by atoms with van der Waals surface area (Å²) in [5.41, 5.74) is 9.63. The maximum atomic E-state index is 12.5. The van der Waals surface area contributed by atoms with Crippen molar-refractivity contribution in [2.24, 2.45) is 0 Å². The van der Waals surface area contributed by atoms with Crippen molar-refractivity contribution in [3.63, 3.8) is 0 Å². The molecule has 1 aromatic heterocycles. The van der Waals surface area contributed by atoms with Crippen LogP contribution in [-0.4, -0.2) is 13.4 Å². The Morgan fingerprint density at radius 1 is 1.00 bits per heavy atom. The van der Waals surface area contributed by atoms with Gasteiger partial charge in [-0.15, -0.1) is 0 Å². The van der Waals surface area contributed by atoms with Gasteiger partial charge in [-0.1, -0.05) is 6.07 Å². The van der Waals surface area contributed by atoms with E-state index in [-0.39, 0.29) is 4.90 Å². The largest absolute Gasteiger partial charge is 0.399 e.